The number of rotatable bonds is 12. The van der Waals surface area contributed by atoms with E-state index >= 15 is 0 Å². The second-order valence-corrected chi connectivity index (χ2v) is 12.9. The first-order chi connectivity index (χ1) is 21.8. The molecule has 2 N–H and O–H groups in total. The van der Waals surface area contributed by atoms with Crippen LogP contribution in [0.1, 0.15) is 77.5 Å². The first kappa shape index (κ1) is 30.8. The first-order valence-corrected chi connectivity index (χ1v) is 16.5. The highest BCUT2D eigenvalue weighted by Gasteiger charge is 2.23. The molecule has 5 aromatic rings. The van der Waals surface area contributed by atoms with E-state index in [-0.39, 0.29) is 11.9 Å². The number of H-pyrrole nitrogens is 2. The molecule has 1 unspecified atom stereocenters. The maximum atomic E-state index is 13.1. The van der Waals surface area contributed by atoms with Crippen molar-refractivity contribution in [3.05, 3.63) is 65.9 Å². The van der Waals surface area contributed by atoms with Crippen LogP contribution in [0.4, 0.5) is 0 Å². The van der Waals surface area contributed by atoms with Crippen LogP contribution in [0.5, 0.6) is 5.75 Å². The number of nitrogens with zero attached hydrogens (tertiary/aromatic N) is 4. The van der Waals surface area contributed by atoms with Crippen LogP contribution in [0.3, 0.4) is 0 Å². The Morgan fingerprint density at radius 3 is 2.60 bits per heavy atom. The number of carbonyl (C=O) groups excluding carboxylic acids is 1. The van der Waals surface area contributed by atoms with E-state index < -0.39 is 0 Å². The smallest absolute Gasteiger partial charge is 0.223 e. The van der Waals surface area contributed by atoms with Crippen LogP contribution < -0.4 is 4.74 Å². The number of ether oxygens (including phenoxy) is 1. The van der Waals surface area contributed by atoms with Gasteiger partial charge in [0.15, 0.2) is 0 Å². The summed E-state index contributed by atoms with van der Waals surface area (Å²) in [5.74, 6) is 3.25. The zero-order chi connectivity index (χ0) is 31.7. The van der Waals surface area contributed by atoms with Gasteiger partial charge in [-0.25, -0.2) is 9.97 Å². The summed E-state index contributed by atoms with van der Waals surface area (Å²) in [6, 6.07) is 15.4. The third kappa shape index (κ3) is 6.34. The predicted octanol–water partition coefficient (Wildman–Crippen LogP) is 8.07. The molecule has 6 rings (SSSR count). The highest BCUT2D eigenvalue weighted by atomic mass is 16.5. The summed E-state index contributed by atoms with van der Waals surface area (Å²) < 4.78 is 6.35. The molecule has 0 fully saturated rings. The van der Waals surface area contributed by atoms with Crippen molar-refractivity contribution < 1.29 is 9.53 Å². The van der Waals surface area contributed by atoms with Crippen LogP contribution in [0, 0.1) is 5.92 Å². The topological polar surface area (TPSA) is 90.1 Å². The van der Waals surface area contributed by atoms with Crippen LogP contribution in [0.15, 0.2) is 48.7 Å². The van der Waals surface area contributed by atoms with Gasteiger partial charge >= 0.3 is 0 Å². The number of hydrogen-bond donors (Lipinski definition) is 2. The minimum absolute atomic E-state index is 0.158. The molecule has 0 aliphatic carbocycles. The minimum Gasteiger partial charge on any atom is -0.488 e. The van der Waals surface area contributed by atoms with E-state index in [2.05, 4.69) is 104 Å². The van der Waals surface area contributed by atoms with Gasteiger partial charge in [-0.3, -0.25) is 9.69 Å². The second kappa shape index (κ2) is 13.1. The largest absolute Gasteiger partial charge is 0.488 e. The molecule has 0 saturated heterocycles. The number of benzene rings is 3. The molecular weight excluding hydrogens is 560 g/mol. The molecule has 0 radical (unpaired) electrons. The second-order valence-electron chi connectivity index (χ2n) is 12.9. The van der Waals surface area contributed by atoms with Gasteiger partial charge in [0, 0.05) is 23.4 Å². The van der Waals surface area contributed by atoms with Crippen LogP contribution in [-0.4, -0.2) is 55.3 Å². The van der Waals surface area contributed by atoms with Crippen molar-refractivity contribution in [2.45, 2.75) is 86.0 Å². The Kier molecular flexibility index (Phi) is 8.95. The van der Waals surface area contributed by atoms with Crippen molar-refractivity contribution in [3.63, 3.8) is 0 Å². The maximum Gasteiger partial charge on any atom is 0.223 e. The Bertz CT molecular complexity index is 1820. The summed E-state index contributed by atoms with van der Waals surface area (Å²) in [7, 11) is 2.13. The minimum atomic E-state index is 0.158. The average molecular weight is 607 g/mol. The molecule has 0 spiro atoms. The van der Waals surface area contributed by atoms with Gasteiger partial charge in [-0.2, -0.15) is 0 Å². The monoisotopic (exact) mass is 606 g/mol. The molecule has 2 aromatic heterocycles. The van der Waals surface area contributed by atoms with Crippen molar-refractivity contribution >= 4 is 27.7 Å². The van der Waals surface area contributed by atoms with Crippen molar-refractivity contribution in [3.8, 4) is 28.1 Å². The number of imidazole rings is 2. The normalized spacial score (nSPS) is 13.9. The Balaban J connectivity index is 1.25. The van der Waals surface area contributed by atoms with E-state index in [1.54, 1.807) is 0 Å². The molecule has 0 saturated carbocycles. The van der Waals surface area contributed by atoms with E-state index in [1.807, 2.05) is 11.1 Å². The SMILES string of the molecule is CCCN(C)Cc1nc2c(ccc3cc4c(cc32)OCc2cc(-c3cnc(CN(C(=O)CC(C)CC)[C@@H](C)CC)[nH]3)ccc2-4)[nH]1. The van der Waals surface area contributed by atoms with Gasteiger partial charge in [-0.15, -0.1) is 0 Å². The lowest BCUT2D eigenvalue weighted by Gasteiger charge is -2.29. The van der Waals surface area contributed by atoms with Crippen molar-refractivity contribution in [2.75, 3.05) is 13.6 Å². The maximum absolute atomic E-state index is 13.1. The zero-order valence-corrected chi connectivity index (χ0v) is 27.5. The summed E-state index contributed by atoms with van der Waals surface area (Å²) in [6.07, 6.45) is 5.47. The number of aromatic amines is 2. The molecule has 1 aliphatic rings. The molecular formula is C37H46N6O2. The van der Waals surface area contributed by atoms with Crippen LogP contribution in [0.2, 0.25) is 0 Å². The van der Waals surface area contributed by atoms with Crippen LogP contribution in [-0.2, 0) is 24.5 Å². The van der Waals surface area contributed by atoms with Crippen molar-refractivity contribution in [2.24, 2.45) is 5.92 Å². The third-order valence-corrected chi connectivity index (χ3v) is 9.34. The van der Waals surface area contributed by atoms with Gasteiger partial charge in [-0.05, 0) is 85.6 Å². The summed E-state index contributed by atoms with van der Waals surface area (Å²) in [5.41, 5.74) is 7.46. The van der Waals surface area contributed by atoms with Crippen molar-refractivity contribution in [1.29, 1.82) is 0 Å². The third-order valence-electron chi connectivity index (χ3n) is 9.34. The molecule has 3 heterocycles. The van der Waals surface area contributed by atoms with E-state index in [0.717, 1.165) is 93.9 Å². The fourth-order valence-electron chi connectivity index (χ4n) is 6.32. The number of amides is 1. The first-order valence-electron chi connectivity index (χ1n) is 16.5. The molecule has 1 aliphatic heterocycles. The number of nitrogens with one attached hydrogen (secondary N) is 2. The van der Waals surface area contributed by atoms with Crippen LogP contribution in [0.25, 0.3) is 44.2 Å². The number of carbonyl (C=O) groups is 1. The van der Waals surface area contributed by atoms with Gasteiger partial charge in [0.1, 0.15) is 24.0 Å². The summed E-state index contributed by atoms with van der Waals surface area (Å²) in [4.78, 5) is 34.0. The summed E-state index contributed by atoms with van der Waals surface area (Å²) in [5, 5.41) is 2.25. The molecule has 45 heavy (non-hydrogen) atoms. The van der Waals surface area contributed by atoms with E-state index in [0.29, 0.717) is 25.5 Å². The summed E-state index contributed by atoms with van der Waals surface area (Å²) >= 11 is 0. The number of hydrogen-bond acceptors (Lipinski definition) is 5. The van der Waals surface area contributed by atoms with E-state index in [1.165, 1.54) is 5.56 Å². The quantitative estimate of drug-likeness (QED) is 0.150. The number of aromatic nitrogens is 4. The zero-order valence-electron chi connectivity index (χ0n) is 27.5. The Labute approximate surface area is 266 Å². The lowest BCUT2D eigenvalue weighted by Crippen LogP contribution is -2.38. The van der Waals surface area contributed by atoms with Gasteiger partial charge in [-0.1, -0.05) is 52.3 Å². The van der Waals surface area contributed by atoms with Gasteiger partial charge in [0.25, 0.3) is 0 Å². The Hall–Kier alpha value is -4.17. The lowest BCUT2D eigenvalue weighted by atomic mass is 9.92. The van der Waals surface area contributed by atoms with Gasteiger partial charge in [0.05, 0.1) is 36.0 Å². The molecule has 8 nitrogen and oxygen atoms in total. The fourth-order valence-corrected chi connectivity index (χ4v) is 6.32. The Morgan fingerprint density at radius 1 is 0.978 bits per heavy atom. The molecule has 3 aromatic carbocycles. The predicted molar refractivity (Wildman–Crippen MR) is 182 cm³/mol. The molecule has 8 heteroatoms. The van der Waals surface area contributed by atoms with E-state index in [9.17, 15) is 4.79 Å². The van der Waals surface area contributed by atoms with Crippen molar-refractivity contribution in [1.82, 2.24) is 29.7 Å². The highest BCUT2D eigenvalue weighted by Crippen LogP contribution is 2.42. The molecule has 2 atom stereocenters. The summed E-state index contributed by atoms with van der Waals surface area (Å²) in [6.45, 7) is 13.5. The molecule has 1 amide bonds. The Morgan fingerprint density at radius 2 is 1.82 bits per heavy atom. The van der Waals surface area contributed by atoms with Gasteiger partial charge < -0.3 is 19.6 Å². The average Bonchev–Trinajstić information content (AvgIpc) is 3.69. The molecule has 236 valence electrons. The number of fused-ring (bicyclic) bond motifs is 6. The van der Waals surface area contributed by atoms with Gasteiger partial charge in [0.2, 0.25) is 5.91 Å². The van der Waals surface area contributed by atoms with E-state index in [4.69, 9.17) is 9.72 Å². The molecule has 0 bridgehead atoms. The fraction of sp³-hybridized carbons (Fsp3) is 0.432. The lowest BCUT2D eigenvalue weighted by molar-refractivity contribution is -0.135. The highest BCUT2D eigenvalue weighted by molar-refractivity contribution is 6.07. The van der Waals surface area contributed by atoms with Crippen LogP contribution >= 0.6 is 0 Å². The standard InChI is InChI=1S/C37H46N6O2/c1-7-14-42(6)20-35-39-31-13-11-25-17-30-28-12-10-26(16-27(28)22-45-33(30)18-29(25)37(31)41-35)32-19-38-34(40-32)21-43(24(5)9-3)36(44)15-23(4)8-2/h10-13,16-19,23-24H,7-9,14-15,20-22H2,1-6H3,(H,38,40)(H,39,41)/t23?,24-/m0/s1.